The number of fused-ring (bicyclic) bond motifs is 1. The first kappa shape index (κ1) is 10.8. The molecule has 18 heavy (non-hydrogen) atoms. The number of anilines is 2. The van der Waals surface area contributed by atoms with E-state index in [9.17, 15) is 9.18 Å². The number of nitrogens with zero attached hydrogens (tertiary/aromatic N) is 1. The smallest absolute Gasteiger partial charge is 0.259 e. The summed E-state index contributed by atoms with van der Waals surface area (Å²) in [5.41, 5.74) is 8.62. The van der Waals surface area contributed by atoms with Gasteiger partial charge in [-0.1, -0.05) is 6.07 Å². The Balaban J connectivity index is 2.02. The van der Waals surface area contributed by atoms with Crippen molar-refractivity contribution >= 4 is 17.3 Å². The summed E-state index contributed by atoms with van der Waals surface area (Å²) in [5, 5.41) is 0. The Hall–Kier alpha value is -2.36. The van der Waals surface area contributed by atoms with Gasteiger partial charge in [0.15, 0.2) is 0 Å². The van der Waals surface area contributed by atoms with Gasteiger partial charge in [0.05, 0.1) is 6.54 Å². The first-order chi connectivity index (χ1) is 8.66. The van der Waals surface area contributed by atoms with Crippen molar-refractivity contribution in [1.29, 1.82) is 0 Å². The number of benzene rings is 2. The Morgan fingerprint density at radius 3 is 2.50 bits per heavy atom. The molecule has 0 unspecified atom stereocenters. The molecule has 1 aliphatic rings. The Morgan fingerprint density at radius 1 is 1.11 bits per heavy atom. The molecule has 2 aromatic rings. The second kappa shape index (κ2) is 3.84. The van der Waals surface area contributed by atoms with Crippen LogP contribution in [0.5, 0.6) is 0 Å². The first-order valence-corrected chi connectivity index (χ1v) is 5.61. The fourth-order valence-electron chi connectivity index (χ4n) is 2.19. The highest BCUT2D eigenvalue weighted by Gasteiger charge is 2.29. The molecule has 2 N–H and O–H groups in total. The summed E-state index contributed by atoms with van der Waals surface area (Å²) < 4.78 is 12.9. The van der Waals surface area contributed by atoms with E-state index in [1.54, 1.807) is 35.2 Å². The third kappa shape index (κ3) is 1.54. The number of nitrogen functional groups attached to an aromatic ring is 1. The molecule has 1 heterocycles. The van der Waals surface area contributed by atoms with Crippen molar-refractivity contribution in [2.24, 2.45) is 0 Å². The molecule has 0 saturated carbocycles. The van der Waals surface area contributed by atoms with Crippen LogP contribution in [-0.4, -0.2) is 5.91 Å². The fraction of sp³-hybridized carbons (Fsp3) is 0.0714. The van der Waals surface area contributed by atoms with Crippen LogP contribution in [0.4, 0.5) is 15.8 Å². The van der Waals surface area contributed by atoms with Gasteiger partial charge in [-0.2, -0.15) is 0 Å². The molecular weight excluding hydrogens is 231 g/mol. The fourth-order valence-corrected chi connectivity index (χ4v) is 2.19. The average Bonchev–Trinajstić information content (AvgIpc) is 2.70. The predicted molar refractivity (Wildman–Crippen MR) is 67.8 cm³/mol. The minimum Gasteiger partial charge on any atom is -0.398 e. The second-order valence-electron chi connectivity index (χ2n) is 4.24. The van der Waals surface area contributed by atoms with Crippen molar-refractivity contribution in [3.63, 3.8) is 0 Å². The molecule has 0 fully saturated rings. The van der Waals surface area contributed by atoms with Crippen LogP contribution in [0, 0.1) is 5.82 Å². The molecular formula is C14H11FN2O. The standard InChI is InChI=1S/C14H11FN2O/c15-9-4-6-10(7-5-9)17-8-12-11(14(17)18)2-1-3-13(12)16/h1-7H,8,16H2. The third-order valence-electron chi connectivity index (χ3n) is 3.14. The van der Waals surface area contributed by atoms with Gasteiger partial charge in [-0.05, 0) is 36.4 Å². The summed E-state index contributed by atoms with van der Waals surface area (Å²) in [6.45, 7) is 0.437. The maximum absolute atomic E-state index is 12.9. The van der Waals surface area contributed by atoms with Crippen LogP contribution in [0.25, 0.3) is 0 Å². The highest BCUT2D eigenvalue weighted by Crippen LogP contribution is 2.31. The van der Waals surface area contributed by atoms with Gasteiger partial charge in [0.25, 0.3) is 5.91 Å². The van der Waals surface area contributed by atoms with Gasteiger partial charge in [0, 0.05) is 22.5 Å². The highest BCUT2D eigenvalue weighted by molar-refractivity contribution is 6.11. The summed E-state index contributed by atoms with van der Waals surface area (Å²) in [4.78, 5) is 13.8. The molecule has 0 saturated heterocycles. The topological polar surface area (TPSA) is 46.3 Å². The van der Waals surface area contributed by atoms with Crippen LogP contribution < -0.4 is 10.6 Å². The zero-order valence-corrected chi connectivity index (χ0v) is 9.56. The van der Waals surface area contributed by atoms with Crippen molar-refractivity contribution in [2.45, 2.75) is 6.54 Å². The van der Waals surface area contributed by atoms with E-state index in [1.807, 2.05) is 0 Å². The van der Waals surface area contributed by atoms with E-state index in [2.05, 4.69) is 0 Å². The number of carbonyl (C=O) groups excluding carboxylic acids is 1. The van der Waals surface area contributed by atoms with Gasteiger partial charge in [-0.3, -0.25) is 4.79 Å². The van der Waals surface area contributed by atoms with Gasteiger partial charge in [0.2, 0.25) is 0 Å². The molecule has 1 aliphatic heterocycles. The quantitative estimate of drug-likeness (QED) is 0.781. The lowest BCUT2D eigenvalue weighted by Crippen LogP contribution is -2.22. The zero-order chi connectivity index (χ0) is 12.7. The van der Waals surface area contributed by atoms with Crippen LogP contribution >= 0.6 is 0 Å². The van der Waals surface area contributed by atoms with Gasteiger partial charge >= 0.3 is 0 Å². The van der Waals surface area contributed by atoms with Crippen molar-refractivity contribution < 1.29 is 9.18 Å². The number of halogens is 1. The summed E-state index contributed by atoms with van der Waals surface area (Å²) in [6, 6.07) is 11.2. The third-order valence-corrected chi connectivity index (χ3v) is 3.14. The molecule has 3 rings (SSSR count). The number of rotatable bonds is 1. The van der Waals surface area contributed by atoms with Crippen LogP contribution in [0.15, 0.2) is 42.5 Å². The maximum atomic E-state index is 12.9. The molecule has 1 amide bonds. The van der Waals surface area contributed by atoms with E-state index in [0.717, 1.165) is 5.56 Å². The lowest BCUT2D eigenvalue weighted by Gasteiger charge is -2.15. The van der Waals surface area contributed by atoms with E-state index >= 15 is 0 Å². The Kier molecular flexibility index (Phi) is 2.30. The predicted octanol–water partition coefficient (Wildman–Crippen LogP) is 2.57. The number of nitrogens with two attached hydrogens (primary N) is 1. The molecule has 90 valence electrons. The Morgan fingerprint density at radius 2 is 1.83 bits per heavy atom. The normalized spacial score (nSPS) is 13.8. The monoisotopic (exact) mass is 242 g/mol. The zero-order valence-electron chi connectivity index (χ0n) is 9.56. The largest absolute Gasteiger partial charge is 0.398 e. The van der Waals surface area contributed by atoms with Crippen molar-refractivity contribution in [3.05, 3.63) is 59.4 Å². The highest BCUT2D eigenvalue weighted by atomic mass is 19.1. The summed E-state index contributed by atoms with van der Waals surface area (Å²) in [7, 11) is 0. The SMILES string of the molecule is Nc1cccc2c1CN(c1ccc(F)cc1)C2=O. The Bertz CT molecular complexity index is 622. The lowest BCUT2D eigenvalue weighted by atomic mass is 10.1. The molecule has 3 nitrogen and oxygen atoms in total. The molecule has 0 radical (unpaired) electrons. The average molecular weight is 242 g/mol. The molecule has 0 aliphatic carbocycles. The first-order valence-electron chi connectivity index (χ1n) is 5.61. The van der Waals surface area contributed by atoms with E-state index in [4.69, 9.17) is 5.73 Å². The van der Waals surface area contributed by atoms with E-state index in [0.29, 0.717) is 23.5 Å². The summed E-state index contributed by atoms with van der Waals surface area (Å²) >= 11 is 0. The number of amides is 1. The van der Waals surface area contributed by atoms with Crippen LogP contribution in [0.2, 0.25) is 0 Å². The molecule has 0 bridgehead atoms. The lowest BCUT2D eigenvalue weighted by molar-refractivity contribution is 0.0996. The van der Waals surface area contributed by atoms with Gasteiger partial charge in [0.1, 0.15) is 5.82 Å². The van der Waals surface area contributed by atoms with Crippen LogP contribution in [0.1, 0.15) is 15.9 Å². The minimum absolute atomic E-state index is 0.0936. The molecule has 0 atom stereocenters. The molecule has 0 spiro atoms. The van der Waals surface area contributed by atoms with E-state index in [1.165, 1.54) is 12.1 Å². The molecule has 4 heteroatoms. The minimum atomic E-state index is -0.317. The van der Waals surface area contributed by atoms with E-state index in [-0.39, 0.29) is 11.7 Å². The molecule has 2 aromatic carbocycles. The second-order valence-corrected chi connectivity index (χ2v) is 4.24. The summed E-state index contributed by atoms with van der Waals surface area (Å²) in [5.74, 6) is -0.411. The Labute approximate surface area is 104 Å². The number of carbonyl (C=O) groups is 1. The van der Waals surface area contributed by atoms with Gasteiger partial charge in [-0.15, -0.1) is 0 Å². The van der Waals surface area contributed by atoms with Gasteiger partial charge in [-0.25, -0.2) is 4.39 Å². The maximum Gasteiger partial charge on any atom is 0.259 e. The molecule has 0 aromatic heterocycles. The van der Waals surface area contributed by atoms with Gasteiger partial charge < -0.3 is 10.6 Å². The van der Waals surface area contributed by atoms with Crippen LogP contribution in [0.3, 0.4) is 0 Å². The number of hydrogen-bond acceptors (Lipinski definition) is 2. The van der Waals surface area contributed by atoms with Crippen molar-refractivity contribution in [1.82, 2.24) is 0 Å². The number of hydrogen-bond donors (Lipinski definition) is 1. The summed E-state index contributed by atoms with van der Waals surface area (Å²) in [6.07, 6.45) is 0. The van der Waals surface area contributed by atoms with Crippen molar-refractivity contribution in [3.8, 4) is 0 Å². The van der Waals surface area contributed by atoms with Crippen molar-refractivity contribution in [2.75, 3.05) is 10.6 Å². The van der Waals surface area contributed by atoms with Crippen LogP contribution in [-0.2, 0) is 6.54 Å². The van der Waals surface area contributed by atoms with E-state index < -0.39 is 0 Å².